The summed E-state index contributed by atoms with van der Waals surface area (Å²) in [5.74, 6) is 2.24. The van der Waals surface area contributed by atoms with Crippen LogP contribution in [0.1, 0.15) is 32.0 Å². The maximum atomic E-state index is 5.95. The van der Waals surface area contributed by atoms with Crippen molar-refractivity contribution in [1.82, 2.24) is 14.8 Å². The van der Waals surface area contributed by atoms with Crippen LogP contribution in [0.4, 0.5) is 0 Å². The Bertz CT molecular complexity index is 288. The Labute approximate surface area is 101 Å². The standard InChI is InChI=1S/C10H18ClN3S/c1-3-9-12-13-10(11)14(9)7-5-4-6-8-15-2/h3-8H2,1-2H3. The first-order valence-corrected chi connectivity index (χ1v) is 7.13. The Balaban J connectivity index is 2.33. The highest BCUT2D eigenvalue weighted by atomic mass is 35.5. The maximum absolute atomic E-state index is 5.95. The van der Waals surface area contributed by atoms with E-state index in [0.717, 1.165) is 25.2 Å². The number of halogens is 1. The fourth-order valence-corrected chi connectivity index (χ4v) is 2.20. The molecule has 3 nitrogen and oxygen atoms in total. The van der Waals surface area contributed by atoms with E-state index >= 15 is 0 Å². The SMILES string of the molecule is CCc1nnc(Cl)n1CCCCCSC. The summed E-state index contributed by atoms with van der Waals surface area (Å²) in [6.07, 6.45) is 6.72. The van der Waals surface area contributed by atoms with Crippen LogP contribution in [0.15, 0.2) is 0 Å². The van der Waals surface area contributed by atoms with Crippen LogP contribution < -0.4 is 0 Å². The molecule has 5 heteroatoms. The van der Waals surface area contributed by atoms with Crippen LogP contribution in [-0.2, 0) is 13.0 Å². The smallest absolute Gasteiger partial charge is 0.225 e. The number of hydrogen-bond acceptors (Lipinski definition) is 3. The van der Waals surface area contributed by atoms with Gasteiger partial charge in [-0.05, 0) is 36.5 Å². The van der Waals surface area contributed by atoms with Crippen LogP contribution in [0, 0.1) is 0 Å². The van der Waals surface area contributed by atoms with Gasteiger partial charge in [-0.15, -0.1) is 10.2 Å². The average Bonchev–Trinajstić information content (AvgIpc) is 2.60. The Morgan fingerprint density at radius 2 is 2.07 bits per heavy atom. The van der Waals surface area contributed by atoms with Gasteiger partial charge in [-0.1, -0.05) is 13.3 Å². The van der Waals surface area contributed by atoms with Crippen molar-refractivity contribution >= 4 is 23.4 Å². The molecule has 86 valence electrons. The first kappa shape index (κ1) is 12.8. The molecule has 1 rings (SSSR count). The predicted molar refractivity (Wildman–Crippen MR) is 66.6 cm³/mol. The van der Waals surface area contributed by atoms with Crippen LogP contribution in [0.25, 0.3) is 0 Å². The molecule has 0 spiro atoms. The van der Waals surface area contributed by atoms with Gasteiger partial charge in [0.2, 0.25) is 5.28 Å². The van der Waals surface area contributed by atoms with Gasteiger partial charge in [-0.2, -0.15) is 11.8 Å². The van der Waals surface area contributed by atoms with Crippen molar-refractivity contribution in [3.05, 3.63) is 11.1 Å². The second-order valence-electron chi connectivity index (χ2n) is 3.44. The largest absolute Gasteiger partial charge is 0.302 e. The molecule has 0 saturated carbocycles. The Morgan fingerprint density at radius 1 is 1.27 bits per heavy atom. The van der Waals surface area contributed by atoms with Crippen LogP contribution >= 0.6 is 23.4 Å². The van der Waals surface area contributed by atoms with Gasteiger partial charge in [0.1, 0.15) is 5.82 Å². The van der Waals surface area contributed by atoms with Gasteiger partial charge in [0.25, 0.3) is 0 Å². The fourth-order valence-electron chi connectivity index (χ4n) is 1.49. The molecule has 15 heavy (non-hydrogen) atoms. The van der Waals surface area contributed by atoms with E-state index in [0.29, 0.717) is 5.28 Å². The molecule has 0 unspecified atom stereocenters. The van der Waals surface area contributed by atoms with Gasteiger partial charge in [0.15, 0.2) is 0 Å². The number of aryl methyl sites for hydroxylation is 1. The molecule has 0 fully saturated rings. The Hall–Kier alpha value is -0.220. The highest BCUT2D eigenvalue weighted by molar-refractivity contribution is 7.98. The monoisotopic (exact) mass is 247 g/mol. The molecule has 1 aromatic rings. The maximum Gasteiger partial charge on any atom is 0.225 e. The lowest BCUT2D eigenvalue weighted by Crippen LogP contribution is -2.03. The molecule has 0 aliphatic heterocycles. The van der Waals surface area contributed by atoms with E-state index in [-0.39, 0.29) is 0 Å². The van der Waals surface area contributed by atoms with E-state index < -0.39 is 0 Å². The quantitative estimate of drug-likeness (QED) is 0.694. The summed E-state index contributed by atoms with van der Waals surface area (Å²) >= 11 is 7.85. The van der Waals surface area contributed by atoms with Crippen molar-refractivity contribution in [1.29, 1.82) is 0 Å². The van der Waals surface area contributed by atoms with Gasteiger partial charge in [0, 0.05) is 13.0 Å². The van der Waals surface area contributed by atoms with Gasteiger partial charge < -0.3 is 4.57 Å². The topological polar surface area (TPSA) is 30.7 Å². The zero-order chi connectivity index (χ0) is 11.1. The third-order valence-electron chi connectivity index (χ3n) is 2.33. The lowest BCUT2D eigenvalue weighted by molar-refractivity contribution is 0.584. The molecule has 0 N–H and O–H groups in total. The number of hydrogen-bond donors (Lipinski definition) is 0. The summed E-state index contributed by atoms with van der Waals surface area (Å²) in [7, 11) is 0. The molecule has 1 heterocycles. The number of aromatic nitrogens is 3. The highest BCUT2D eigenvalue weighted by Crippen LogP contribution is 2.11. The molecule has 1 aromatic heterocycles. The summed E-state index contributed by atoms with van der Waals surface area (Å²) < 4.78 is 2.01. The van der Waals surface area contributed by atoms with Crippen LogP contribution in [0.2, 0.25) is 5.28 Å². The van der Waals surface area contributed by atoms with Gasteiger partial charge in [-0.25, -0.2) is 0 Å². The number of thioether (sulfide) groups is 1. The summed E-state index contributed by atoms with van der Waals surface area (Å²) in [6.45, 7) is 3.02. The number of rotatable bonds is 7. The normalized spacial score (nSPS) is 10.9. The minimum atomic E-state index is 0.525. The second kappa shape index (κ2) is 7.12. The summed E-state index contributed by atoms with van der Waals surface area (Å²) in [4.78, 5) is 0. The van der Waals surface area contributed by atoms with E-state index in [1.807, 2.05) is 16.3 Å². The molecular formula is C10H18ClN3S. The van der Waals surface area contributed by atoms with Crippen LogP contribution in [0.3, 0.4) is 0 Å². The summed E-state index contributed by atoms with van der Waals surface area (Å²) in [5.41, 5.74) is 0. The fraction of sp³-hybridized carbons (Fsp3) is 0.800. The van der Waals surface area contributed by atoms with Crippen LogP contribution in [0.5, 0.6) is 0 Å². The lowest BCUT2D eigenvalue weighted by Gasteiger charge is -2.05. The predicted octanol–water partition coefficient (Wildman–Crippen LogP) is 3.03. The van der Waals surface area contributed by atoms with Crippen molar-refractivity contribution in [3.63, 3.8) is 0 Å². The van der Waals surface area contributed by atoms with Gasteiger partial charge in [0.05, 0.1) is 0 Å². The lowest BCUT2D eigenvalue weighted by atomic mass is 10.2. The third kappa shape index (κ3) is 4.03. The van der Waals surface area contributed by atoms with Crippen molar-refractivity contribution < 1.29 is 0 Å². The molecular weight excluding hydrogens is 230 g/mol. The third-order valence-corrected chi connectivity index (χ3v) is 3.31. The van der Waals surface area contributed by atoms with Crippen molar-refractivity contribution in [2.75, 3.05) is 12.0 Å². The van der Waals surface area contributed by atoms with Gasteiger partial charge in [-0.3, -0.25) is 0 Å². The zero-order valence-corrected chi connectivity index (χ0v) is 10.9. The first-order chi connectivity index (χ1) is 7.29. The number of unbranched alkanes of at least 4 members (excludes halogenated alkanes) is 2. The Kier molecular flexibility index (Phi) is 6.10. The molecule has 0 radical (unpaired) electrons. The van der Waals surface area contributed by atoms with Crippen LogP contribution in [-0.4, -0.2) is 26.8 Å². The first-order valence-electron chi connectivity index (χ1n) is 5.36. The number of nitrogens with zero attached hydrogens (tertiary/aromatic N) is 3. The van der Waals surface area contributed by atoms with E-state index in [9.17, 15) is 0 Å². The van der Waals surface area contributed by atoms with Crippen molar-refractivity contribution in [2.24, 2.45) is 0 Å². The van der Waals surface area contributed by atoms with Gasteiger partial charge >= 0.3 is 0 Å². The van der Waals surface area contributed by atoms with Crippen molar-refractivity contribution in [3.8, 4) is 0 Å². The molecule has 0 aliphatic rings. The summed E-state index contributed by atoms with van der Waals surface area (Å²) in [5, 5.41) is 8.43. The minimum absolute atomic E-state index is 0.525. The summed E-state index contributed by atoms with van der Waals surface area (Å²) in [6, 6.07) is 0. The zero-order valence-electron chi connectivity index (χ0n) is 9.37. The molecule has 0 saturated heterocycles. The molecule has 0 atom stereocenters. The van der Waals surface area contributed by atoms with E-state index in [1.54, 1.807) is 0 Å². The molecule has 0 amide bonds. The molecule has 0 aliphatic carbocycles. The minimum Gasteiger partial charge on any atom is -0.302 e. The Morgan fingerprint density at radius 3 is 2.73 bits per heavy atom. The second-order valence-corrected chi connectivity index (χ2v) is 4.77. The van der Waals surface area contributed by atoms with E-state index in [2.05, 4.69) is 23.4 Å². The van der Waals surface area contributed by atoms with E-state index in [1.165, 1.54) is 18.6 Å². The molecule has 0 bridgehead atoms. The molecule has 0 aromatic carbocycles. The highest BCUT2D eigenvalue weighted by Gasteiger charge is 2.07. The van der Waals surface area contributed by atoms with Crippen molar-refractivity contribution in [2.45, 2.75) is 39.2 Å². The average molecular weight is 248 g/mol. The van der Waals surface area contributed by atoms with E-state index in [4.69, 9.17) is 11.6 Å².